The molecule has 0 unspecified atom stereocenters. The predicted octanol–water partition coefficient (Wildman–Crippen LogP) is 2.42. The van der Waals surface area contributed by atoms with Gasteiger partial charge >= 0.3 is 6.01 Å². The summed E-state index contributed by atoms with van der Waals surface area (Å²) in [5, 5.41) is 12.9. The maximum Gasteiger partial charge on any atom is 0.321 e. The van der Waals surface area contributed by atoms with Crippen LogP contribution in [-0.4, -0.2) is 57.1 Å². The summed E-state index contributed by atoms with van der Waals surface area (Å²) in [6, 6.07) is 6.45. The Balaban J connectivity index is 1.31. The van der Waals surface area contributed by atoms with Gasteiger partial charge in [0.05, 0.1) is 18.6 Å². The lowest BCUT2D eigenvalue weighted by molar-refractivity contribution is 0.0943. The molecule has 1 saturated carbocycles. The molecule has 0 aromatic carbocycles. The predicted molar refractivity (Wildman–Crippen MR) is 121 cm³/mol. The Morgan fingerprint density at radius 2 is 2.18 bits per heavy atom. The quantitative estimate of drug-likeness (QED) is 0.565. The summed E-state index contributed by atoms with van der Waals surface area (Å²) < 4.78 is 5.76. The fourth-order valence-electron chi connectivity index (χ4n) is 4.37. The van der Waals surface area contributed by atoms with Crippen LogP contribution in [0.25, 0.3) is 11.0 Å². The van der Waals surface area contributed by atoms with E-state index in [1.54, 1.807) is 6.20 Å². The number of hydrogen-bond donors (Lipinski definition) is 2. The monoisotopic (exact) mass is 446 g/mol. The largest absolute Gasteiger partial charge is 0.463 e. The summed E-state index contributed by atoms with van der Waals surface area (Å²) in [5.41, 5.74) is 2.20. The van der Waals surface area contributed by atoms with Crippen molar-refractivity contribution in [3.8, 4) is 12.1 Å². The fourth-order valence-corrected chi connectivity index (χ4v) is 4.37. The van der Waals surface area contributed by atoms with Crippen LogP contribution < -0.4 is 15.0 Å². The molecule has 3 aromatic rings. The number of carbonyl (C=O) groups is 1. The van der Waals surface area contributed by atoms with Crippen molar-refractivity contribution in [2.75, 3.05) is 31.1 Å². The average Bonchev–Trinajstić information content (AvgIpc) is 3.50. The molecule has 2 N–H and O–H groups in total. The van der Waals surface area contributed by atoms with E-state index in [1.165, 1.54) is 10.9 Å². The highest BCUT2D eigenvalue weighted by molar-refractivity contribution is 5.90. The van der Waals surface area contributed by atoms with E-state index in [1.807, 2.05) is 13.0 Å². The lowest BCUT2D eigenvalue weighted by Crippen LogP contribution is -2.35. The molecule has 1 aliphatic heterocycles. The molecule has 1 aliphatic carbocycles. The molecule has 2 aliphatic rings. The van der Waals surface area contributed by atoms with Crippen LogP contribution in [0.4, 0.5) is 5.95 Å². The molecular formula is C23H26N8O2. The SMILES string of the molecule is CCNC(=O)c1nc(OC[C@H]2C[C@H]2C#N)nc(N2CCC(c3c[nH]c4ncccc34)CC2)n1. The number of nitrogens with one attached hydrogen (secondary N) is 2. The molecule has 0 radical (unpaired) electrons. The second-order valence-corrected chi connectivity index (χ2v) is 8.55. The van der Waals surface area contributed by atoms with E-state index < -0.39 is 0 Å². The summed E-state index contributed by atoms with van der Waals surface area (Å²) >= 11 is 0. The molecule has 170 valence electrons. The number of ether oxygens (including phenoxy) is 1. The van der Waals surface area contributed by atoms with Gasteiger partial charge in [0.2, 0.25) is 11.8 Å². The Morgan fingerprint density at radius 3 is 2.94 bits per heavy atom. The number of anilines is 1. The summed E-state index contributed by atoms with van der Waals surface area (Å²) in [6.45, 7) is 4.21. The minimum Gasteiger partial charge on any atom is -0.463 e. The van der Waals surface area contributed by atoms with Crippen molar-refractivity contribution in [1.82, 2.24) is 30.2 Å². The first-order valence-electron chi connectivity index (χ1n) is 11.4. The van der Waals surface area contributed by atoms with E-state index in [0.29, 0.717) is 25.0 Å². The third kappa shape index (κ3) is 4.44. The number of aromatic nitrogens is 5. The van der Waals surface area contributed by atoms with Gasteiger partial charge in [-0.25, -0.2) is 4.98 Å². The van der Waals surface area contributed by atoms with Crippen molar-refractivity contribution in [3.05, 3.63) is 35.9 Å². The molecule has 2 fully saturated rings. The van der Waals surface area contributed by atoms with Gasteiger partial charge in [-0.05, 0) is 49.8 Å². The second kappa shape index (κ2) is 9.02. The van der Waals surface area contributed by atoms with Crippen molar-refractivity contribution < 1.29 is 9.53 Å². The smallest absolute Gasteiger partial charge is 0.321 e. The standard InChI is InChI=1S/C23H26N8O2/c1-2-25-21(32)20-28-22(30-23(29-20)33-13-16-10-15(16)11-24)31-8-5-14(6-9-31)18-12-27-19-17(18)4-3-7-26-19/h3-4,7,12,14-16H,2,5-6,8-10,13H2,1H3,(H,25,32)(H,26,27)/t15-,16+/m0/s1. The lowest BCUT2D eigenvalue weighted by Gasteiger charge is -2.32. The van der Waals surface area contributed by atoms with Crippen molar-refractivity contribution in [2.45, 2.75) is 32.1 Å². The zero-order valence-electron chi connectivity index (χ0n) is 18.5. The molecule has 33 heavy (non-hydrogen) atoms. The summed E-state index contributed by atoms with van der Waals surface area (Å²) in [4.78, 5) is 35.3. The van der Waals surface area contributed by atoms with Crippen LogP contribution in [0, 0.1) is 23.2 Å². The Hall–Kier alpha value is -3.74. The maximum atomic E-state index is 12.4. The molecule has 3 aromatic heterocycles. The van der Waals surface area contributed by atoms with E-state index in [4.69, 9.17) is 10.00 Å². The van der Waals surface area contributed by atoms with E-state index in [-0.39, 0.29) is 29.6 Å². The molecule has 10 nitrogen and oxygen atoms in total. The van der Waals surface area contributed by atoms with Gasteiger partial charge in [-0.3, -0.25) is 4.79 Å². The van der Waals surface area contributed by atoms with E-state index >= 15 is 0 Å². The van der Waals surface area contributed by atoms with Gasteiger partial charge in [0.1, 0.15) is 5.65 Å². The van der Waals surface area contributed by atoms with Crippen molar-refractivity contribution in [1.29, 1.82) is 5.26 Å². The van der Waals surface area contributed by atoms with Crippen LogP contribution in [0.3, 0.4) is 0 Å². The maximum absolute atomic E-state index is 12.4. The average molecular weight is 447 g/mol. The molecule has 0 bridgehead atoms. The molecular weight excluding hydrogens is 420 g/mol. The Bertz CT molecular complexity index is 1190. The minimum atomic E-state index is -0.353. The van der Waals surface area contributed by atoms with Gasteiger partial charge in [0.15, 0.2) is 0 Å². The summed E-state index contributed by atoms with van der Waals surface area (Å²) in [6.07, 6.45) is 6.56. The van der Waals surface area contributed by atoms with Crippen molar-refractivity contribution >= 4 is 22.9 Å². The van der Waals surface area contributed by atoms with Gasteiger partial charge in [-0.15, -0.1) is 0 Å². The number of H-pyrrole nitrogens is 1. The minimum absolute atomic E-state index is 0.0351. The second-order valence-electron chi connectivity index (χ2n) is 8.55. The summed E-state index contributed by atoms with van der Waals surface area (Å²) in [5.74, 6) is 0.797. The molecule has 1 amide bonds. The van der Waals surface area contributed by atoms with Gasteiger partial charge in [-0.1, -0.05) is 0 Å². The van der Waals surface area contributed by atoms with Crippen LogP contribution in [0.5, 0.6) is 6.01 Å². The molecule has 5 rings (SSSR count). The first kappa shape index (κ1) is 21.1. The van der Waals surface area contributed by atoms with Crippen LogP contribution in [0.1, 0.15) is 48.3 Å². The Kier molecular flexibility index (Phi) is 5.77. The normalized spacial score (nSPS) is 20.4. The number of carbonyl (C=O) groups excluding carboxylic acids is 1. The highest BCUT2D eigenvalue weighted by Crippen LogP contribution is 2.38. The third-order valence-corrected chi connectivity index (χ3v) is 6.36. The number of pyridine rings is 1. The van der Waals surface area contributed by atoms with E-state index in [0.717, 1.165) is 38.0 Å². The topological polar surface area (TPSA) is 133 Å². The number of hydrogen-bond acceptors (Lipinski definition) is 8. The molecule has 0 spiro atoms. The first-order valence-corrected chi connectivity index (χ1v) is 11.4. The highest BCUT2D eigenvalue weighted by atomic mass is 16.5. The van der Waals surface area contributed by atoms with Gasteiger partial charge in [-0.2, -0.15) is 20.2 Å². The number of aromatic amines is 1. The van der Waals surface area contributed by atoms with E-state index in [2.05, 4.69) is 53.5 Å². The summed E-state index contributed by atoms with van der Waals surface area (Å²) in [7, 11) is 0. The van der Waals surface area contributed by atoms with Crippen LogP contribution in [0.15, 0.2) is 24.5 Å². The number of rotatable bonds is 7. The number of nitriles is 1. The Labute approximate surface area is 191 Å². The Morgan fingerprint density at radius 1 is 1.33 bits per heavy atom. The van der Waals surface area contributed by atoms with E-state index in [9.17, 15) is 4.79 Å². The van der Waals surface area contributed by atoms with Crippen LogP contribution in [0.2, 0.25) is 0 Å². The lowest BCUT2D eigenvalue weighted by atomic mass is 9.89. The third-order valence-electron chi connectivity index (χ3n) is 6.36. The number of fused-ring (bicyclic) bond motifs is 1. The van der Waals surface area contributed by atoms with Crippen LogP contribution >= 0.6 is 0 Å². The fraction of sp³-hybridized carbons (Fsp3) is 0.478. The number of piperidine rings is 1. The van der Waals surface area contributed by atoms with Gasteiger partial charge in [0, 0.05) is 43.3 Å². The highest BCUT2D eigenvalue weighted by Gasteiger charge is 2.38. The van der Waals surface area contributed by atoms with Gasteiger partial charge < -0.3 is 19.9 Å². The molecule has 4 heterocycles. The zero-order chi connectivity index (χ0) is 22.8. The molecule has 1 saturated heterocycles. The number of nitrogens with zero attached hydrogens (tertiary/aromatic N) is 6. The molecule has 2 atom stereocenters. The zero-order valence-corrected chi connectivity index (χ0v) is 18.5. The van der Waals surface area contributed by atoms with Gasteiger partial charge in [0.25, 0.3) is 5.91 Å². The number of amides is 1. The van der Waals surface area contributed by atoms with Crippen molar-refractivity contribution in [2.24, 2.45) is 11.8 Å². The van der Waals surface area contributed by atoms with Crippen molar-refractivity contribution in [3.63, 3.8) is 0 Å². The molecule has 10 heteroatoms. The first-order chi connectivity index (χ1) is 16.2. The van der Waals surface area contributed by atoms with Crippen LogP contribution in [-0.2, 0) is 0 Å².